The summed E-state index contributed by atoms with van der Waals surface area (Å²) in [6.45, 7) is 7.45. The molecule has 0 aromatic carbocycles. The van der Waals surface area contributed by atoms with E-state index in [1.807, 2.05) is 20.8 Å². The molecule has 1 amide bonds. The Morgan fingerprint density at radius 2 is 1.83 bits per heavy atom. The highest BCUT2D eigenvalue weighted by Crippen LogP contribution is 2.51. The largest absolute Gasteiger partial charge is 0.444 e. The predicted molar refractivity (Wildman–Crippen MR) is 94.0 cm³/mol. The van der Waals surface area contributed by atoms with Crippen LogP contribution in [0.1, 0.15) is 65.7 Å². The van der Waals surface area contributed by atoms with Gasteiger partial charge in [0.15, 0.2) is 0 Å². The number of alkyl carbamates (subject to hydrolysis) is 1. The summed E-state index contributed by atoms with van der Waals surface area (Å²) in [5, 5.41) is 6.65. The molecule has 24 heavy (non-hydrogen) atoms. The van der Waals surface area contributed by atoms with Crippen LogP contribution in [0.4, 0.5) is 4.79 Å². The first-order valence-electron chi connectivity index (χ1n) is 9.75. The van der Waals surface area contributed by atoms with E-state index in [0.717, 1.165) is 56.7 Å². The first kappa shape index (κ1) is 18.0. The van der Waals surface area contributed by atoms with Crippen LogP contribution in [0, 0.1) is 11.8 Å². The van der Waals surface area contributed by atoms with Gasteiger partial charge < -0.3 is 20.1 Å². The first-order chi connectivity index (χ1) is 11.4. The van der Waals surface area contributed by atoms with Crippen LogP contribution in [-0.4, -0.2) is 43.0 Å². The molecule has 0 aromatic rings. The number of hydrogen-bond donors (Lipinski definition) is 2. The van der Waals surface area contributed by atoms with Crippen LogP contribution in [0.2, 0.25) is 0 Å². The molecule has 5 nitrogen and oxygen atoms in total. The van der Waals surface area contributed by atoms with Crippen LogP contribution in [0.15, 0.2) is 0 Å². The van der Waals surface area contributed by atoms with Crippen molar-refractivity contribution in [1.29, 1.82) is 0 Å². The Bertz CT molecular complexity index is 427. The zero-order valence-corrected chi connectivity index (χ0v) is 15.5. The van der Waals surface area contributed by atoms with Gasteiger partial charge in [0.25, 0.3) is 0 Å². The molecule has 0 aromatic heterocycles. The minimum absolute atomic E-state index is 0.225. The van der Waals surface area contributed by atoms with E-state index in [9.17, 15) is 4.79 Å². The van der Waals surface area contributed by atoms with Crippen molar-refractivity contribution in [3.63, 3.8) is 0 Å². The highest BCUT2D eigenvalue weighted by atomic mass is 16.6. The second kappa shape index (κ2) is 7.61. The van der Waals surface area contributed by atoms with Gasteiger partial charge >= 0.3 is 6.09 Å². The number of rotatable bonds is 6. The monoisotopic (exact) mass is 338 g/mol. The third kappa shape index (κ3) is 5.35. The smallest absolute Gasteiger partial charge is 0.407 e. The van der Waals surface area contributed by atoms with E-state index in [1.54, 1.807) is 0 Å². The number of amides is 1. The van der Waals surface area contributed by atoms with Crippen LogP contribution in [0.3, 0.4) is 0 Å². The molecule has 3 rings (SSSR count). The summed E-state index contributed by atoms with van der Waals surface area (Å²) in [4.78, 5) is 11.8. The Morgan fingerprint density at radius 3 is 2.42 bits per heavy atom. The second-order valence-corrected chi connectivity index (χ2v) is 8.79. The van der Waals surface area contributed by atoms with Crippen molar-refractivity contribution in [2.75, 3.05) is 13.2 Å². The molecule has 0 saturated heterocycles. The average molecular weight is 338 g/mol. The third-order valence-corrected chi connectivity index (χ3v) is 5.60. The van der Waals surface area contributed by atoms with Crippen LogP contribution in [0.5, 0.6) is 0 Å². The van der Waals surface area contributed by atoms with E-state index in [2.05, 4.69) is 10.6 Å². The van der Waals surface area contributed by atoms with E-state index in [0.29, 0.717) is 6.10 Å². The normalized spacial score (nSPS) is 35.4. The minimum atomic E-state index is -0.433. The van der Waals surface area contributed by atoms with E-state index in [1.165, 1.54) is 19.3 Å². The molecule has 3 aliphatic carbocycles. The topological polar surface area (TPSA) is 59.6 Å². The molecule has 0 heterocycles. The molecule has 0 bridgehead atoms. The highest BCUT2D eigenvalue weighted by Gasteiger charge is 2.47. The highest BCUT2D eigenvalue weighted by molar-refractivity contribution is 5.68. The molecular formula is C19H34N2O3. The fourth-order valence-electron chi connectivity index (χ4n) is 4.27. The number of carbonyl (C=O) groups is 1. The van der Waals surface area contributed by atoms with Gasteiger partial charge in [0, 0.05) is 18.6 Å². The second-order valence-electron chi connectivity index (χ2n) is 8.79. The Labute approximate surface area is 146 Å². The van der Waals surface area contributed by atoms with Crippen LogP contribution >= 0.6 is 0 Å². The van der Waals surface area contributed by atoms with Gasteiger partial charge in [-0.15, -0.1) is 0 Å². The average Bonchev–Trinajstić information content (AvgIpc) is 3.17. The van der Waals surface area contributed by atoms with E-state index >= 15 is 0 Å². The molecule has 3 saturated carbocycles. The van der Waals surface area contributed by atoms with Gasteiger partial charge in [-0.3, -0.25) is 0 Å². The zero-order valence-electron chi connectivity index (χ0n) is 15.5. The van der Waals surface area contributed by atoms with Gasteiger partial charge in [-0.2, -0.15) is 0 Å². The number of fused-ring (bicyclic) bond motifs is 1. The molecule has 138 valence electrons. The lowest BCUT2D eigenvalue weighted by atomic mass is 9.93. The van der Waals surface area contributed by atoms with Crippen molar-refractivity contribution >= 4 is 6.09 Å². The SMILES string of the molecule is CC(C)(C)OC(=O)NC1CCC(OCCNC2CC[C@H]3C[C@@H]23)CC1. The molecule has 0 aliphatic heterocycles. The van der Waals surface area contributed by atoms with Gasteiger partial charge in [-0.05, 0) is 77.6 Å². The lowest BCUT2D eigenvalue weighted by Gasteiger charge is -2.30. The summed E-state index contributed by atoms with van der Waals surface area (Å²) in [7, 11) is 0. The number of carbonyl (C=O) groups excluding carboxylic acids is 1. The molecular weight excluding hydrogens is 304 g/mol. The van der Waals surface area contributed by atoms with Gasteiger partial charge in [-0.25, -0.2) is 4.79 Å². The van der Waals surface area contributed by atoms with Gasteiger partial charge in [-0.1, -0.05) is 0 Å². The Balaban J connectivity index is 1.23. The molecule has 5 heteroatoms. The summed E-state index contributed by atoms with van der Waals surface area (Å²) < 4.78 is 11.3. The van der Waals surface area contributed by atoms with Gasteiger partial charge in [0.05, 0.1) is 12.7 Å². The summed E-state index contributed by atoms with van der Waals surface area (Å²) in [5.74, 6) is 2.01. The summed E-state index contributed by atoms with van der Waals surface area (Å²) >= 11 is 0. The summed E-state index contributed by atoms with van der Waals surface area (Å²) in [6.07, 6.45) is 8.28. The summed E-state index contributed by atoms with van der Waals surface area (Å²) in [5.41, 5.74) is -0.433. The van der Waals surface area contributed by atoms with Gasteiger partial charge in [0.2, 0.25) is 0 Å². The quantitative estimate of drug-likeness (QED) is 0.730. The van der Waals surface area contributed by atoms with Gasteiger partial charge in [0.1, 0.15) is 5.60 Å². The van der Waals surface area contributed by atoms with Crippen molar-refractivity contribution in [2.45, 2.75) is 89.5 Å². The van der Waals surface area contributed by atoms with E-state index in [-0.39, 0.29) is 12.1 Å². The van der Waals surface area contributed by atoms with Crippen molar-refractivity contribution in [1.82, 2.24) is 10.6 Å². The van der Waals surface area contributed by atoms with Crippen molar-refractivity contribution < 1.29 is 14.3 Å². The Morgan fingerprint density at radius 1 is 1.08 bits per heavy atom. The third-order valence-electron chi connectivity index (χ3n) is 5.60. The molecule has 3 aliphatic rings. The molecule has 0 spiro atoms. The maximum absolute atomic E-state index is 11.8. The first-order valence-corrected chi connectivity index (χ1v) is 9.75. The minimum Gasteiger partial charge on any atom is -0.444 e. The predicted octanol–water partition coefficient (Wildman–Crippen LogP) is 3.23. The van der Waals surface area contributed by atoms with Crippen LogP contribution in [0.25, 0.3) is 0 Å². The van der Waals surface area contributed by atoms with E-state index in [4.69, 9.17) is 9.47 Å². The molecule has 1 unspecified atom stereocenters. The summed E-state index contributed by atoms with van der Waals surface area (Å²) in [6, 6.07) is 0.982. The molecule has 2 N–H and O–H groups in total. The lowest BCUT2D eigenvalue weighted by molar-refractivity contribution is 0.0186. The maximum atomic E-state index is 11.8. The lowest BCUT2D eigenvalue weighted by Crippen LogP contribution is -2.42. The molecule has 3 fully saturated rings. The zero-order chi connectivity index (χ0) is 17.2. The maximum Gasteiger partial charge on any atom is 0.407 e. The van der Waals surface area contributed by atoms with Crippen LogP contribution < -0.4 is 10.6 Å². The number of ether oxygens (including phenoxy) is 2. The number of hydrogen-bond acceptors (Lipinski definition) is 4. The van der Waals surface area contributed by atoms with Crippen molar-refractivity contribution in [2.24, 2.45) is 11.8 Å². The van der Waals surface area contributed by atoms with Crippen molar-refractivity contribution in [3.8, 4) is 0 Å². The standard InChI is InChI=1S/C19H34N2O3/c1-19(2,3)24-18(22)21-14-5-7-15(8-6-14)23-11-10-20-17-9-4-13-12-16(13)17/h13-17,20H,4-12H2,1-3H3,(H,21,22)/t13-,14?,15?,16+,17?/m0/s1. The Hall–Kier alpha value is -0.810. The fraction of sp³-hybridized carbons (Fsp3) is 0.947. The fourth-order valence-corrected chi connectivity index (χ4v) is 4.27. The molecule has 3 atom stereocenters. The van der Waals surface area contributed by atoms with E-state index < -0.39 is 5.60 Å². The van der Waals surface area contributed by atoms with Crippen molar-refractivity contribution in [3.05, 3.63) is 0 Å². The number of nitrogens with one attached hydrogen (secondary N) is 2. The Kier molecular flexibility index (Phi) is 5.70. The van der Waals surface area contributed by atoms with Crippen LogP contribution in [-0.2, 0) is 9.47 Å². The molecule has 0 radical (unpaired) electrons.